The summed E-state index contributed by atoms with van der Waals surface area (Å²) in [5.41, 5.74) is 7.17. The number of alkyl halides is 3. The van der Waals surface area contributed by atoms with Gasteiger partial charge in [-0.2, -0.15) is 18.3 Å². The fourth-order valence-electron chi connectivity index (χ4n) is 3.61. The summed E-state index contributed by atoms with van der Waals surface area (Å²) in [5, 5.41) is 19.1. The number of hydrogen-bond donors (Lipinski definition) is 3. The molecule has 0 aliphatic heterocycles. The fraction of sp³-hybridized carbons (Fsp3) is 0.231. The molecule has 11 heteroatoms. The molecule has 0 radical (unpaired) electrons. The molecule has 0 saturated heterocycles. The van der Waals surface area contributed by atoms with E-state index in [9.17, 15) is 18.0 Å². The zero-order chi connectivity index (χ0) is 27.1. The predicted octanol–water partition coefficient (Wildman–Crippen LogP) is 5.47. The molecule has 0 spiro atoms. The lowest BCUT2D eigenvalue weighted by molar-refractivity contribution is -0.137. The van der Waals surface area contributed by atoms with Crippen LogP contribution in [0.5, 0.6) is 0 Å². The lowest BCUT2D eigenvalue weighted by Gasteiger charge is -2.19. The monoisotopic (exact) mass is 510 g/mol. The Morgan fingerprint density at radius 1 is 1.05 bits per heavy atom. The van der Waals surface area contributed by atoms with E-state index < -0.39 is 17.2 Å². The third kappa shape index (κ3) is 5.25. The summed E-state index contributed by atoms with van der Waals surface area (Å²) in [6.07, 6.45) is -3.05. The Balaban J connectivity index is 1.77. The Morgan fingerprint density at radius 3 is 2.43 bits per heavy atom. The average molecular weight is 511 g/mol. The number of nitrogens with two attached hydrogens (primary N) is 1. The van der Waals surface area contributed by atoms with Gasteiger partial charge in [0.15, 0.2) is 11.5 Å². The van der Waals surface area contributed by atoms with Crippen LogP contribution in [0.25, 0.3) is 28.2 Å². The number of nitrogens with zero attached hydrogens (tertiary/aromatic N) is 4. The van der Waals surface area contributed by atoms with Crippen molar-refractivity contribution in [1.82, 2.24) is 14.6 Å². The molecular formula is C26H25F3N6O2. The second kappa shape index (κ2) is 9.23. The van der Waals surface area contributed by atoms with Crippen molar-refractivity contribution < 1.29 is 23.2 Å². The number of fused-ring (bicyclic) bond motifs is 1. The van der Waals surface area contributed by atoms with E-state index in [1.807, 2.05) is 39.8 Å². The van der Waals surface area contributed by atoms with Gasteiger partial charge in [-0.3, -0.25) is 4.79 Å². The van der Waals surface area contributed by atoms with E-state index in [0.29, 0.717) is 22.6 Å². The summed E-state index contributed by atoms with van der Waals surface area (Å²) in [6, 6.07) is 11.6. The van der Waals surface area contributed by atoms with Gasteiger partial charge in [-0.25, -0.2) is 9.50 Å². The van der Waals surface area contributed by atoms with Crippen LogP contribution >= 0.6 is 0 Å². The highest BCUT2D eigenvalue weighted by atomic mass is 19.4. The van der Waals surface area contributed by atoms with Gasteiger partial charge in [-0.05, 0) is 42.8 Å². The van der Waals surface area contributed by atoms with Gasteiger partial charge >= 0.3 is 6.18 Å². The normalized spacial score (nSPS) is 12.7. The van der Waals surface area contributed by atoms with Gasteiger partial charge in [0.1, 0.15) is 0 Å². The van der Waals surface area contributed by atoms with Crippen LogP contribution in [0.1, 0.15) is 37.5 Å². The topological polar surface area (TPSA) is 118 Å². The molecule has 2 aromatic heterocycles. The van der Waals surface area contributed by atoms with Crippen molar-refractivity contribution >= 4 is 23.1 Å². The third-order valence-electron chi connectivity index (χ3n) is 5.79. The largest absolute Gasteiger partial charge is 0.417 e. The average Bonchev–Trinajstić information content (AvgIpc) is 3.26. The highest BCUT2D eigenvalue weighted by molar-refractivity contribution is 5.98. The number of carbonyl (C=O) groups is 1. The highest BCUT2D eigenvalue weighted by Gasteiger charge is 2.34. The first-order chi connectivity index (χ1) is 17.3. The Morgan fingerprint density at radius 2 is 1.78 bits per heavy atom. The molecule has 192 valence electrons. The molecule has 0 fully saturated rings. The molecule has 0 saturated carbocycles. The van der Waals surface area contributed by atoms with Crippen molar-refractivity contribution in [3.8, 4) is 22.5 Å². The number of hydrogen-bond acceptors (Lipinski definition) is 5. The van der Waals surface area contributed by atoms with Gasteiger partial charge in [0.05, 0.1) is 23.1 Å². The van der Waals surface area contributed by atoms with Gasteiger partial charge in [0.25, 0.3) is 0 Å². The quantitative estimate of drug-likeness (QED) is 0.146. The summed E-state index contributed by atoms with van der Waals surface area (Å²) < 4.78 is 42.6. The Labute approximate surface area is 210 Å². The first kappa shape index (κ1) is 25.7. The number of anilines is 1. The molecule has 0 aliphatic rings. The van der Waals surface area contributed by atoms with Crippen LogP contribution in [-0.4, -0.2) is 31.5 Å². The van der Waals surface area contributed by atoms with Crippen LogP contribution in [0.4, 0.5) is 18.9 Å². The van der Waals surface area contributed by atoms with Gasteiger partial charge < -0.3 is 16.3 Å². The summed E-state index contributed by atoms with van der Waals surface area (Å²) in [4.78, 5) is 17.0. The number of halogens is 3. The van der Waals surface area contributed by atoms with E-state index in [0.717, 1.165) is 17.7 Å². The highest BCUT2D eigenvalue weighted by Crippen LogP contribution is 2.37. The van der Waals surface area contributed by atoms with E-state index in [1.165, 1.54) is 16.6 Å². The molecule has 4 N–H and O–H groups in total. The maximum Gasteiger partial charge on any atom is 0.417 e. The molecular weight excluding hydrogens is 485 g/mol. The van der Waals surface area contributed by atoms with Crippen LogP contribution < -0.4 is 11.1 Å². The van der Waals surface area contributed by atoms with Crippen LogP contribution in [0, 0.1) is 12.3 Å². The van der Waals surface area contributed by atoms with Crippen molar-refractivity contribution in [3.63, 3.8) is 0 Å². The zero-order valence-electron chi connectivity index (χ0n) is 20.6. The Bertz CT molecular complexity index is 1530. The number of aryl methyl sites for hydroxylation is 1. The zero-order valence-corrected chi connectivity index (χ0v) is 20.6. The lowest BCUT2D eigenvalue weighted by Crippen LogP contribution is -2.27. The fourth-order valence-corrected chi connectivity index (χ4v) is 3.61. The molecule has 4 rings (SSSR count). The number of aromatic nitrogens is 3. The molecule has 1 amide bonds. The first-order valence-corrected chi connectivity index (χ1v) is 11.3. The standard InChI is InChI=1S/C26H25F3N6O2/c1-14-5-6-15(12-20(14)32-24(36)25(2,3)4)21-13-35-22(31-21)10-9-19(33-35)17-11-16(23(30)34-37)7-8-18(17)26(27,28)29/h5-13,37H,1-4H3,(H2,30,34)(H,32,36). The second-order valence-electron chi connectivity index (χ2n) is 9.62. The molecule has 0 bridgehead atoms. The number of carbonyl (C=O) groups excluding carboxylic acids is 1. The van der Waals surface area contributed by atoms with Crippen LogP contribution in [0.2, 0.25) is 0 Å². The van der Waals surface area contributed by atoms with Gasteiger partial charge in [-0.1, -0.05) is 44.1 Å². The SMILES string of the molecule is Cc1ccc(-c2cn3nc(-c4cc(/C(N)=N\O)ccc4C(F)(F)F)ccc3n2)cc1NC(=O)C(C)(C)C. The number of nitrogens with one attached hydrogen (secondary N) is 1. The summed E-state index contributed by atoms with van der Waals surface area (Å²) in [5.74, 6) is -0.460. The smallest absolute Gasteiger partial charge is 0.409 e. The molecule has 37 heavy (non-hydrogen) atoms. The van der Waals surface area contributed by atoms with Crippen molar-refractivity contribution in [2.75, 3.05) is 5.32 Å². The molecule has 0 atom stereocenters. The van der Waals surface area contributed by atoms with Crippen LogP contribution in [0.15, 0.2) is 59.9 Å². The predicted molar refractivity (Wildman–Crippen MR) is 134 cm³/mol. The minimum absolute atomic E-state index is 0.0263. The number of benzene rings is 2. The summed E-state index contributed by atoms with van der Waals surface area (Å²) in [6.45, 7) is 7.33. The maximum atomic E-state index is 13.7. The lowest BCUT2D eigenvalue weighted by atomic mass is 9.95. The molecule has 2 aromatic carbocycles. The van der Waals surface area contributed by atoms with Gasteiger partial charge in [-0.15, -0.1) is 0 Å². The molecule has 8 nitrogen and oxygen atoms in total. The maximum absolute atomic E-state index is 13.7. The van der Waals surface area contributed by atoms with E-state index in [1.54, 1.807) is 18.3 Å². The van der Waals surface area contributed by atoms with E-state index in [2.05, 4.69) is 20.6 Å². The number of rotatable bonds is 4. The Kier molecular flexibility index (Phi) is 6.41. The van der Waals surface area contributed by atoms with E-state index in [-0.39, 0.29) is 28.6 Å². The molecule has 4 aromatic rings. The van der Waals surface area contributed by atoms with Crippen LogP contribution in [-0.2, 0) is 11.0 Å². The number of amidine groups is 1. The third-order valence-corrected chi connectivity index (χ3v) is 5.79. The first-order valence-electron chi connectivity index (χ1n) is 11.3. The minimum Gasteiger partial charge on any atom is -0.409 e. The van der Waals surface area contributed by atoms with Crippen molar-refractivity contribution in [3.05, 3.63) is 71.4 Å². The van der Waals surface area contributed by atoms with Crippen molar-refractivity contribution in [2.45, 2.75) is 33.9 Å². The minimum atomic E-state index is -4.65. The Hall–Kier alpha value is -4.41. The molecule has 2 heterocycles. The number of oxime groups is 1. The molecule has 0 unspecified atom stereocenters. The van der Waals surface area contributed by atoms with E-state index >= 15 is 0 Å². The van der Waals surface area contributed by atoms with Crippen molar-refractivity contribution in [2.24, 2.45) is 16.3 Å². The summed E-state index contributed by atoms with van der Waals surface area (Å²) in [7, 11) is 0. The van der Waals surface area contributed by atoms with Gasteiger partial charge in [0, 0.05) is 27.8 Å². The van der Waals surface area contributed by atoms with Crippen molar-refractivity contribution in [1.29, 1.82) is 0 Å². The van der Waals surface area contributed by atoms with Gasteiger partial charge in [0.2, 0.25) is 5.91 Å². The van der Waals surface area contributed by atoms with E-state index in [4.69, 9.17) is 10.9 Å². The number of imidazole rings is 1. The number of amides is 1. The summed E-state index contributed by atoms with van der Waals surface area (Å²) >= 11 is 0. The second-order valence-corrected chi connectivity index (χ2v) is 9.62. The van der Waals surface area contributed by atoms with Crippen LogP contribution in [0.3, 0.4) is 0 Å². The molecule has 0 aliphatic carbocycles.